The molecule has 0 fully saturated rings. The average Bonchev–Trinajstić information content (AvgIpc) is 2.97. The van der Waals surface area contributed by atoms with E-state index in [-0.39, 0.29) is 47.2 Å². The number of hydrogen-bond donors (Lipinski definition) is 1. The second-order valence-corrected chi connectivity index (χ2v) is 7.92. The monoisotopic (exact) mass is 398 g/mol. The smallest absolute Gasteiger partial charge is 0.280 e. The number of carbonyl (C=O) groups excluding carboxylic acids is 1. The summed E-state index contributed by atoms with van der Waals surface area (Å²) in [5.74, 6) is -0.921. The van der Waals surface area contributed by atoms with Gasteiger partial charge < -0.3 is 14.6 Å². The third kappa shape index (κ3) is 2.90. The van der Waals surface area contributed by atoms with Crippen molar-refractivity contribution in [2.24, 2.45) is 0 Å². The lowest BCUT2D eigenvalue weighted by Gasteiger charge is -2.35. The van der Waals surface area contributed by atoms with E-state index in [1.54, 1.807) is 28.5 Å². The van der Waals surface area contributed by atoms with Crippen molar-refractivity contribution in [1.29, 1.82) is 0 Å². The van der Waals surface area contributed by atoms with Crippen molar-refractivity contribution in [3.05, 3.63) is 57.4 Å². The van der Waals surface area contributed by atoms with E-state index in [1.165, 1.54) is 16.9 Å². The molecule has 0 radical (unpaired) electrons. The zero-order valence-corrected chi connectivity index (χ0v) is 16.8. The maximum absolute atomic E-state index is 13.5. The number of carbonyl (C=O) groups is 1. The SMILES string of the molecule is Cc1cc(Cn2ncc3c(c(O)c4n3[C@@H](C)CN(C(C)C)C4=O)c2=O)ccc1F. The van der Waals surface area contributed by atoms with Crippen LogP contribution in [0.3, 0.4) is 0 Å². The fourth-order valence-corrected chi connectivity index (χ4v) is 4.02. The highest BCUT2D eigenvalue weighted by Gasteiger charge is 2.36. The molecule has 3 heterocycles. The first-order valence-corrected chi connectivity index (χ1v) is 9.59. The second kappa shape index (κ2) is 6.72. The highest BCUT2D eigenvalue weighted by Crippen LogP contribution is 2.36. The summed E-state index contributed by atoms with van der Waals surface area (Å²) in [7, 11) is 0. The molecule has 3 aromatic rings. The van der Waals surface area contributed by atoms with E-state index in [0.717, 1.165) is 5.56 Å². The Labute approximate surface area is 167 Å². The Balaban J connectivity index is 1.86. The van der Waals surface area contributed by atoms with E-state index in [1.807, 2.05) is 20.8 Å². The fourth-order valence-electron chi connectivity index (χ4n) is 4.02. The van der Waals surface area contributed by atoms with Gasteiger partial charge in [-0.3, -0.25) is 9.59 Å². The molecule has 1 N–H and O–H groups in total. The van der Waals surface area contributed by atoms with E-state index >= 15 is 0 Å². The van der Waals surface area contributed by atoms with E-state index in [9.17, 15) is 19.1 Å². The van der Waals surface area contributed by atoms with E-state index in [2.05, 4.69) is 5.10 Å². The van der Waals surface area contributed by atoms with Crippen LogP contribution in [0.5, 0.6) is 5.75 Å². The van der Waals surface area contributed by atoms with Crippen LogP contribution in [0, 0.1) is 12.7 Å². The summed E-state index contributed by atoms with van der Waals surface area (Å²) in [6.07, 6.45) is 1.51. The van der Waals surface area contributed by atoms with Crippen LogP contribution < -0.4 is 5.56 Å². The lowest BCUT2D eigenvalue weighted by molar-refractivity contribution is 0.0616. The van der Waals surface area contributed by atoms with Gasteiger partial charge in [-0.05, 0) is 44.9 Å². The molecule has 4 rings (SSSR count). The second-order valence-electron chi connectivity index (χ2n) is 7.92. The van der Waals surface area contributed by atoms with Gasteiger partial charge in [0.2, 0.25) is 0 Å². The van der Waals surface area contributed by atoms with Gasteiger partial charge >= 0.3 is 0 Å². The minimum atomic E-state index is -0.486. The van der Waals surface area contributed by atoms with Gasteiger partial charge in [0.1, 0.15) is 11.2 Å². The molecular weight excluding hydrogens is 375 g/mol. The van der Waals surface area contributed by atoms with Crippen molar-refractivity contribution >= 4 is 16.8 Å². The number of halogens is 1. The number of benzene rings is 1. The van der Waals surface area contributed by atoms with Crippen LogP contribution in [0.15, 0.2) is 29.2 Å². The number of rotatable bonds is 3. The van der Waals surface area contributed by atoms with Gasteiger partial charge in [0.15, 0.2) is 11.4 Å². The molecule has 0 unspecified atom stereocenters. The van der Waals surface area contributed by atoms with Crippen LogP contribution in [0.2, 0.25) is 0 Å². The molecule has 8 heteroatoms. The molecule has 152 valence electrons. The van der Waals surface area contributed by atoms with Crippen LogP contribution in [0.4, 0.5) is 4.39 Å². The Morgan fingerprint density at radius 3 is 2.69 bits per heavy atom. The van der Waals surface area contributed by atoms with Crippen molar-refractivity contribution < 1.29 is 14.3 Å². The number of amides is 1. The summed E-state index contributed by atoms with van der Waals surface area (Å²) in [6.45, 7) is 8.05. The predicted octanol–water partition coefficient (Wildman–Crippen LogP) is 2.82. The van der Waals surface area contributed by atoms with Crippen LogP contribution in [-0.4, -0.2) is 42.8 Å². The Kier molecular flexibility index (Phi) is 4.44. The van der Waals surface area contributed by atoms with E-state index in [4.69, 9.17) is 0 Å². The maximum Gasteiger partial charge on any atom is 0.280 e. The van der Waals surface area contributed by atoms with Gasteiger partial charge in [-0.15, -0.1) is 0 Å². The van der Waals surface area contributed by atoms with Gasteiger partial charge in [0, 0.05) is 18.6 Å². The molecule has 2 aromatic heterocycles. The van der Waals surface area contributed by atoms with Crippen molar-refractivity contribution in [3.8, 4) is 5.75 Å². The molecule has 7 nitrogen and oxygen atoms in total. The first kappa shape index (κ1) is 19.2. The Hall–Kier alpha value is -3.16. The van der Waals surface area contributed by atoms with Crippen molar-refractivity contribution in [3.63, 3.8) is 0 Å². The minimum absolute atomic E-state index is 0.0207. The van der Waals surface area contributed by atoms with E-state index in [0.29, 0.717) is 17.6 Å². The zero-order chi connectivity index (χ0) is 21.0. The molecule has 0 spiro atoms. The molecule has 0 bridgehead atoms. The molecular formula is C21H23FN4O3. The maximum atomic E-state index is 13.5. The van der Waals surface area contributed by atoms with Gasteiger partial charge in [-0.1, -0.05) is 12.1 Å². The summed E-state index contributed by atoms with van der Waals surface area (Å²) in [6, 6.07) is 4.48. The summed E-state index contributed by atoms with van der Waals surface area (Å²) < 4.78 is 16.4. The Morgan fingerprint density at radius 1 is 1.31 bits per heavy atom. The third-order valence-electron chi connectivity index (χ3n) is 5.53. The molecule has 1 aliphatic heterocycles. The fraction of sp³-hybridized carbons (Fsp3) is 0.381. The number of nitrogens with zero attached hydrogens (tertiary/aromatic N) is 4. The first-order chi connectivity index (χ1) is 13.7. The summed E-state index contributed by atoms with van der Waals surface area (Å²) in [5.41, 5.74) is 1.28. The molecule has 29 heavy (non-hydrogen) atoms. The van der Waals surface area contributed by atoms with Crippen LogP contribution in [-0.2, 0) is 6.54 Å². The number of aromatic hydroxyl groups is 1. The number of aromatic nitrogens is 3. The Morgan fingerprint density at radius 2 is 2.03 bits per heavy atom. The molecule has 1 aromatic carbocycles. The topological polar surface area (TPSA) is 80.4 Å². The van der Waals surface area contributed by atoms with Gasteiger partial charge in [-0.25, -0.2) is 9.07 Å². The lowest BCUT2D eigenvalue weighted by atomic mass is 10.1. The summed E-state index contributed by atoms with van der Waals surface area (Å²) in [4.78, 5) is 27.7. The molecule has 0 saturated carbocycles. The molecule has 0 saturated heterocycles. The zero-order valence-electron chi connectivity index (χ0n) is 16.8. The number of hydrogen-bond acceptors (Lipinski definition) is 4. The highest BCUT2D eigenvalue weighted by atomic mass is 19.1. The largest absolute Gasteiger partial charge is 0.505 e. The summed E-state index contributed by atoms with van der Waals surface area (Å²) in [5, 5.41) is 15.1. The first-order valence-electron chi connectivity index (χ1n) is 9.59. The van der Waals surface area contributed by atoms with Crippen molar-refractivity contribution in [2.75, 3.05) is 6.54 Å². The van der Waals surface area contributed by atoms with Crippen LogP contribution in [0.25, 0.3) is 10.9 Å². The van der Waals surface area contributed by atoms with Crippen molar-refractivity contribution in [2.45, 2.75) is 46.3 Å². The van der Waals surface area contributed by atoms with Gasteiger partial charge in [0.25, 0.3) is 11.5 Å². The predicted molar refractivity (Wildman–Crippen MR) is 107 cm³/mol. The third-order valence-corrected chi connectivity index (χ3v) is 5.53. The standard InChI is InChI=1S/C21H23FN4O3/c1-11(2)24-9-13(4)26-16-8-23-25(10-14-5-6-15(22)12(3)7-14)20(28)17(16)19(27)18(26)21(24)29/h5-8,11,13,27H,9-10H2,1-4H3/t13-/m0/s1. The quantitative estimate of drug-likeness (QED) is 0.736. The average molecular weight is 398 g/mol. The molecule has 1 atom stereocenters. The normalized spacial score (nSPS) is 16.7. The van der Waals surface area contributed by atoms with Crippen LogP contribution >= 0.6 is 0 Å². The molecule has 0 aliphatic carbocycles. The minimum Gasteiger partial charge on any atom is -0.505 e. The molecule has 1 amide bonds. The molecule has 1 aliphatic rings. The van der Waals surface area contributed by atoms with Crippen molar-refractivity contribution in [1.82, 2.24) is 19.2 Å². The number of aryl methyl sites for hydroxylation is 1. The number of fused-ring (bicyclic) bond motifs is 3. The van der Waals surface area contributed by atoms with E-state index < -0.39 is 5.56 Å². The van der Waals surface area contributed by atoms with Gasteiger partial charge in [-0.2, -0.15) is 5.10 Å². The van der Waals surface area contributed by atoms with Gasteiger partial charge in [0.05, 0.1) is 18.3 Å². The lowest BCUT2D eigenvalue weighted by Crippen LogP contribution is -2.45. The summed E-state index contributed by atoms with van der Waals surface area (Å²) >= 11 is 0. The highest BCUT2D eigenvalue weighted by molar-refractivity contribution is 6.04. The Bertz CT molecular complexity index is 1190. The van der Waals surface area contributed by atoms with Crippen LogP contribution in [0.1, 0.15) is 48.4 Å².